The highest BCUT2D eigenvalue weighted by molar-refractivity contribution is 5.93. The second-order valence-corrected chi connectivity index (χ2v) is 13.2. The van der Waals surface area contributed by atoms with Crippen LogP contribution in [0.15, 0.2) is 36.5 Å². The molecule has 2 aromatic heterocycles. The van der Waals surface area contributed by atoms with Gasteiger partial charge in [0, 0.05) is 54.2 Å². The normalized spacial score (nSPS) is 26.5. The molecule has 1 saturated carbocycles. The lowest BCUT2D eigenvalue weighted by Crippen LogP contribution is -2.59. The van der Waals surface area contributed by atoms with Gasteiger partial charge in [0.25, 0.3) is 5.91 Å². The predicted molar refractivity (Wildman–Crippen MR) is 168 cm³/mol. The summed E-state index contributed by atoms with van der Waals surface area (Å²) < 4.78 is 20.2. The van der Waals surface area contributed by atoms with Crippen LogP contribution in [0, 0.1) is 5.41 Å². The highest BCUT2D eigenvalue weighted by Crippen LogP contribution is 2.46. The summed E-state index contributed by atoms with van der Waals surface area (Å²) >= 11 is 0. The molecule has 1 saturated heterocycles. The molecule has 3 N–H and O–H groups in total. The average Bonchev–Trinajstić information content (AvgIpc) is 3.76. The lowest BCUT2D eigenvalue weighted by atomic mass is 9.84. The summed E-state index contributed by atoms with van der Waals surface area (Å²) in [6.07, 6.45) is 4.50. The number of esters is 1. The molecule has 4 heterocycles. The molecule has 3 aromatic rings. The van der Waals surface area contributed by atoms with E-state index in [2.05, 4.69) is 55.0 Å². The van der Waals surface area contributed by atoms with Crippen molar-refractivity contribution in [3.63, 3.8) is 0 Å². The molecule has 5 atom stereocenters. The Kier molecular flexibility index (Phi) is 8.54. The summed E-state index contributed by atoms with van der Waals surface area (Å²) in [6.45, 7) is 10.1. The third-order valence-corrected chi connectivity index (χ3v) is 9.31. The number of cyclic esters (lactones) is 1. The number of aromatic nitrogens is 2. The predicted octanol–water partition coefficient (Wildman–Crippen LogP) is 4.25. The molecule has 236 valence electrons. The van der Waals surface area contributed by atoms with E-state index >= 15 is 0 Å². The van der Waals surface area contributed by atoms with Gasteiger partial charge in [0.15, 0.2) is 0 Å². The Morgan fingerprint density at radius 3 is 2.84 bits per heavy atom. The lowest BCUT2D eigenvalue weighted by Gasteiger charge is -2.34. The van der Waals surface area contributed by atoms with Gasteiger partial charge < -0.3 is 24.5 Å². The molecule has 2 aliphatic heterocycles. The first kappa shape index (κ1) is 30.7. The first-order valence-corrected chi connectivity index (χ1v) is 15.9. The molecule has 44 heavy (non-hydrogen) atoms. The van der Waals surface area contributed by atoms with E-state index in [1.165, 1.54) is 21.5 Å². The second-order valence-electron chi connectivity index (χ2n) is 13.2. The fourth-order valence-corrected chi connectivity index (χ4v) is 6.76. The zero-order valence-electron chi connectivity index (χ0n) is 26.5. The van der Waals surface area contributed by atoms with E-state index in [0.717, 1.165) is 35.4 Å². The van der Waals surface area contributed by atoms with E-state index in [9.17, 15) is 9.59 Å². The van der Waals surface area contributed by atoms with Gasteiger partial charge in [0.2, 0.25) is 0 Å². The number of amides is 1. The number of fused-ring (bicyclic) bond motifs is 5. The largest absolute Gasteiger partial charge is 0.464 e. The number of hydrogen-bond donors (Lipinski definition) is 2. The zero-order valence-corrected chi connectivity index (χ0v) is 26.5. The Morgan fingerprint density at radius 1 is 1.25 bits per heavy atom. The summed E-state index contributed by atoms with van der Waals surface area (Å²) in [7, 11) is 1.71. The number of nitrogens with one attached hydrogen (secondary N) is 1. The summed E-state index contributed by atoms with van der Waals surface area (Å²) in [6, 6.07) is 9.42. The van der Waals surface area contributed by atoms with Crippen LogP contribution < -0.4 is 11.2 Å². The molecule has 0 radical (unpaired) electrons. The van der Waals surface area contributed by atoms with E-state index in [1.807, 2.05) is 19.2 Å². The van der Waals surface area contributed by atoms with Crippen LogP contribution in [0.3, 0.4) is 0 Å². The number of hydrazine groups is 1. The molecular weight excluding hydrogens is 558 g/mol. The highest BCUT2D eigenvalue weighted by atomic mass is 16.5. The van der Waals surface area contributed by atoms with Crippen LogP contribution >= 0.6 is 0 Å². The van der Waals surface area contributed by atoms with Crippen molar-refractivity contribution in [2.45, 2.75) is 90.1 Å². The van der Waals surface area contributed by atoms with Gasteiger partial charge >= 0.3 is 5.97 Å². The lowest BCUT2D eigenvalue weighted by molar-refractivity contribution is -0.155. The second kappa shape index (κ2) is 12.2. The maximum absolute atomic E-state index is 13.3. The molecule has 10 heteroatoms. The molecule has 0 spiro atoms. The van der Waals surface area contributed by atoms with Gasteiger partial charge in [0.1, 0.15) is 12.1 Å². The van der Waals surface area contributed by atoms with Crippen molar-refractivity contribution in [3.05, 3.63) is 53.3 Å². The summed E-state index contributed by atoms with van der Waals surface area (Å²) in [5, 5.41) is 2.65. The number of ether oxygens (including phenoxy) is 3. The topological polar surface area (TPSA) is 121 Å². The molecule has 4 bridgehead atoms. The van der Waals surface area contributed by atoms with Gasteiger partial charge in [-0.25, -0.2) is 5.43 Å². The molecule has 0 unspecified atom stereocenters. The quantitative estimate of drug-likeness (QED) is 0.425. The number of carbonyl (C=O) groups excluding carboxylic acids is 2. The highest BCUT2D eigenvalue weighted by Gasteiger charge is 2.41. The van der Waals surface area contributed by atoms with E-state index in [0.29, 0.717) is 25.8 Å². The maximum Gasteiger partial charge on any atom is 0.324 e. The van der Waals surface area contributed by atoms with Gasteiger partial charge in [-0.1, -0.05) is 19.9 Å². The molecule has 1 amide bonds. The molecule has 1 aliphatic carbocycles. The minimum atomic E-state index is -0.810. The number of nitrogens with zero attached hydrogens (tertiary/aromatic N) is 3. The standard InChI is InChI=1S/C34H45N5O5/c1-6-38-28-12-11-21-15-24(28)25(31(38)22-9-7-13-36-30(22)20(2)42-5)17-34(3,4)19-44-33(41)27-10-8-14-39(37-27)32(40)26(35)18-43-29-16-23(21)29/h7,9,11-13,15,20,23,26-27,29,37H,6,8,10,14,16-19,35H2,1-5H3/t20-,23-,26-,27-,29+/m0/s1. The Labute approximate surface area is 259 Å². The van der Waals surface area contributed by atoms with Crippen molar-refractivity contribution in [3.8, 4) is 11.3 Å². The number of aryl methyl sites for hydroxylation is 1. The van der Waals surface area contributed by atoms with Crippen molar-refractivity contribution >= 4 is 22.8 Å². The van der Waals surface area contributed by atoms with Crippen LogP contribution in [0.1, 0.15) is 75.8 Å². The number of nitrogens with two attached hydrogens (primary N) is 1. The number of hydrogen-bond acceptors (Lipinski definition) is 8. The average molecular weight is 604 g/mol. The van der Waals surface area contributed by atoms with Crippen LogP contribution in [0.4, 0.5) is 0 Å². The molecule has 1 aromatic carbocycles. The summed E-state index contributed by atoms with van der Waals surface area (Å²) in [5.41, 5.74) is 15.6. The van der Waals surface area contributed by atoms with Gasteiger partial charge in [0.05, 0.1) is 36.8 Å². The summed E-state index contributed by atoms with van der Waals surface area (Å²) in [4.78, 5) is 31.1. The van der Waals surface area contributed by atoms with E-state index in [1.54, 1.807) is 7.11 Å². The minimum Gasteiger partial charge on any atom is -0.464 e. The SMILES string of the molecule is CCn1c(-c2cccnc2[C@H](C)OC)c2c3cc(ccc31)[C@@H]1C[C@H]1OC[C@H](N)C(=O)N1CCC[C@H](N1)C(=O)OCC(C)(C)C2. The van der Waals surface area contributed by atoms with Crippen LogP contribution in [0.5, 0.6) is 0 Å². The number of pyridine rings is 1. The van der Waals surface area contributed by atoms with Gasteiger partial charge in [-0.3, -0.25) is 19.6 Å². The van der Waals surface area contributed by atoms with Crippen LogP contribution in [-0.2, 0) is 36.8 Å². The minimum absolute atomic E-state index is 0.0160. The Hall–Kier alpha value is -3.31. The monoisotopic (exact) mass is 603 g/mol. The number of benzene rings is 1. The summed E-state index contributed by atoms with van der Waals surface area (Å²) in [5.74, 6) is -0.377. The first-order chi connectivity index (χ1) is 21.1. The van der Waals surface area contributed by atoms with Crippen LogP contribution in [0.2, 0.25) is 0 Å². The fourth-order valence-electron chi connectivity index (χ4n) is 6.76. The van der Waals surface area contributed by atoms with Gasteiger partial charge in [-0.05, 0) is 74.9 Å². The van der Waals surface area contributed by atoms with Crippen LogP contribution in [-0.4, -0.2) is 71.5 Å². The molecule has 2 fully saturated rings. The van der Waals surface area contributed by atoms with Crippen LogP contribution in [0.25, 0.3) is 22.2 Å². The van der Waals surface area contributed by atoms with E-state index in [-0.39, 0.29) is 48.6 Å². The molecule has 6 rings (SSSR count). The van der Waals surface area contributed by atoms with Gasteiger partial charge in [-0.15, -0.1) is 0 Å². The third kappa shape index (κ3) is 5.88. The van der Waals surface area contributed by atoms with Gasteiger partial charge in [-0.2, -0.15) is 0 Å². The Morgan fingerprint density at radius 2 is 2.07 bits per heavy atom. The fraction of sp³-hybridized carbons (Fsp3) is 0.559. The molecule has 3 aliphatic rings. The molecule has 10 nitrogen and oxygen atoms in total. The third-order valence-electron chi connectivity index (χ3n) is 9.31. The van der Waals surface area contributed by atoms with E-state index in [4.69, 9.17) is 24.9 Å². The van der Waals surface area contributed by atoms with Crippen molar-refractivity contribution in [1.82, 2.24) is 20.0 Å². The van der Waals surface area contributed by atoms with Crippen molar-refractivity contribution in [2.75, 3.05) is 26.9 Å². The number of carbonyl (C=O) groups is 2. The van der Waals surface area contributed by atoms with E-state index < -0.39 is 12.1 Å². The number of rotatable bonds is 4. The van der Waals surface area contributed by atoms with Crippen molar-refractivity contribution in [2.24, 2.45) is 11.1 Å². The molecular formula is C34H45N5O5. The van der Waals surface area contributed by atoms with Crippen molar-refractivity contribution in [1.29, 1.82) is 0 Å². The zero-order chi connectivity index (χ0) is 31.2. The Balaban J connectivity index is 1.46. The smallest absolute Gasteiger partial charge is 0.324 e. The van der Waals surface area contributed by atoms with Crippen molar-refractivity contribution < 1.29 is 23.8 Å². The maximum atomic E-state index is 13.3. The number of methoxy groups -OCH3 is 1. The first-order valence-electron chi connectivity index (χ1n) is 15.9. The Bertz CT molecular complexity index is 1550.